The van der Waals surface area contributed by atoms with Crippen LogP contribution in [0.3, 0.4) is 0 Å². The maximum Gasteiger partial charge on any atom is 0.349 e. The lowest BCUT2D eigenvalue weighted by molar-refractivity contribution is -0.142. The first-order valence-corrected chi connectivity index (χ1v) is 8.25. The molecule has 0 atom stereocenters. The molecule has 7 nitrogen and oxygen atoms in total. The lowest BCUT2D eigenvalue weighted by Crippen LogP contribution is -2.21. The fourth-order valence-corrected chi connectivity index (χ4v) is 2.21. The Morgan fingerprint density at radius 2 is 2.00 bits per heavy atom. The number of ether oxygens (including phenoxy) is 1. The van der Waals surface area contributed by atoms with E-state index in [4.69, 9.17) is 16.3 Å². The molecule has 1 heterocycles. The molecule has 1 N–H and O–H groups in total. The molecule has 1 amide bonds. The molecule has 0 aliphatic heterocycles. The molecule has 0 radical (unpaired) electrons. The Labute approximate surface area is 161 Å². The van der Waals surface area contributed by atoms with E-state index in [1.807, 2.05) is 31.1 Å². The van der Waals surface area contributed by atoms with Gasteiger partial charge >= 0.3 is 5.97 Å². The van der Waals surface area contributed by atoms with Crippen molar-refractivity contribution in [2.45, 2.75) is 0 Å². The largest absolute Gasteiger partial charge is 0.451 e. The third kappa shape index (κ3) is 5.83. The normalized spacial score (nSPS) is 10.7. The summed E-state index contributed by atoms with van der Waals surface area (Å²) in [4.78, 5) is 29.6. The number of anilines is 2. The fourth-order valence-electron chi connectivity index (χ4n) is 2.05. The van der Waals surface area contributed by atoms with Crippen LogP contribution in [0.25, 0.3) is 6.08 Å². The molecule has 1 aromatic carbocycles. The number of nitrogens with one attached hydrogen (secondary N) is 1. The number of pyridine rings is 1. The number of nitrogens with zero attached hydrogens (tertiary/aromatic N) is 3. The number of benzene rings is 1. The Morgan fingerprint density at radius 1 is 1.30 bits per heavy atom. The van der Waals surface area contributed by atoms with E-state index in [9.17, 15) is 14.9 Å². The van der Waals surface area contributed by atoms with Gasteiger partial charge in [0.1, 0.15) is 11.6 Å². The van der Waals surface area contributed by atoms with Crippen LogP contribution in [0.2, 0.25) is 5.15 Å². The summed E-state index contributed by atoms with van der Waals surface area (Å²) in [7, 11) is 3.82. The Kier molecular flexibility index (Phi) is 6.92. The third-order valence-corrected chi connectivity index (χ3v) is 3.73. The molecule has 0 saturated heterocycles. The second-order valence-electron chi connectivity index (χ2n) is 5.62. The molecule has 8 heteroatoms. The number of halogens is 1. The van der Waals surface area contributed by atoms with E-state index in [2.05, 4.69) is 10.3 Å². The van der Waals surface area contributed by atoms with Gasteiger partial charge in [-0.3, -0.25) is 4.79 Å². The summed E-state index contributed by atoms with van der Waals surface area (Å²) >= 11 is 5.84. The molecular formula is C19H17ClN4O3. The van der Waals surface area contributed by atoms with Gasteiger partial charge in [0.25, 0.3) is 5.91 Å². The molecule has 0 fully saturated rings. The van der Waals surface area contributed by atoms with Crippen molar-refractivity contribution in [3.63, 3.8) is 0 Å². The van der Waals surface area contributed by atoms with Crippen LogP contribution >= 0.6 is 11.6 Å². The third-order valence-electron chi connectivity index (χ3n) is 3.43. The number of hydrogen-bond acceptors (Lipinski definition) is 6. The number of rotatable bonds is 6. The lowest BCUT2D eigenvalue weighted by atomic mass is 10.1. The summed E-state index contributed by atoms with van der Waals surface area (Å²) in [6.07, 6.45) is 2.88. The molecule has 138 valence electrons. The van der Waals surface area contributed by atoms with Crippen molar-refractivity contribution in [1.29, 1.82) is 5.26 Å². The minimum Gasteiger partial charge on any atom is -0.451 e. The van der Waals surface area contributed by atoms with Crippen molar-refractivity contribution >= 4 is 40.9 Å². The summed E-state index contributed by atoms with van der Waals surface area (Å²) in [6.45, 7) is -0.553. The lowest BCUT2D eigenvalue weighted by Gasteiger charge is -2.11. The standard InChI is InChI=1S/C19H17ClN4O3/c1-24(2)15-7-5-13(6-8-15)10-14(11-21)19(26)27-12-17(25)23-16-4-3-9-22-18(16)20/h3-10H,12H2,1-2H3,(H,23,25)/b14-10+. The monoisotopic (exact) mass is 384 g/mol. The number of aromatic nitrogens is 1. The summed E-state index contributed by atoms with van der Waals surface area (Å²) in [5.74, 6) is -1.48. The SMILES string of the molecule is CN(C)c1ccc(/C=C(\C#N)C(=O)OCC(=O)Nc2cccnc2Cl)cc1. The van der Waals surface area contributed by atoms with Gasteiger partial charge in [-0.25, -0.2) is 9.78 Å². The average Bonchev–Trinajstić information content (AvgIpc) is 2.66. The van der Waals surface area contributed by atoms with Crippen molar-refractivity contribution < 1.29 is 14.3 Å². The zero-order valence-corrected chi connectivity index (χ0v) is 15.5. The molecule has 2 aromatic rings. The van der Waals surface area contributed by atoms with Crippen molar-refractivity contribution in [1.82, 2.24) is 4.98 Å². The Balaban J connectivity index is 1.97. The highest BCUT2D eigenvalue weighted by Crippen LogP contribution is 2.17. The highest BCUT2D eigenvalue weighted by atomic mass is 35.5. The van der Waals surface area contributed by atoms with Crippen LogP contribution in [0.15, 0.2) is 48.2 Å². The zero-order chi connectivity index (χ0) is 19.8. The number of amides is 1. The Morgan fingerprint density at radius 3 is 2.59 bits per heavy atom. The molecular weight excluding hydrogens is 368 g/mol. The van der Waals surface area contributed by atoms with Gasteiger partial charge in [-0.05, 0) is 35.9 Å². The van der Waals surface area contributed by atoms with Crippen molar-refractivity contribution in [2.24, 2.45) is 0 Å². The zero-order valence-electron chi connectivity index (χ0n) is 14.8. The van der Waals surface area contributed by atoms with Gasteiger partial charge < -0.3 is 15.0 Å². The van der Waals surface area contributed by atoms with Crippen LogP contribution < -0.4 is 10.2 Å². The van der Waals surface area contributed by atoms with Crippen LogP contribution in [0.1, 0.15) is 5.56 Å². The molecule has 0 spiro atoms. The van der Waals surface area contributed by atoms with E-state index in [1.165, 1.54) is 12.3 Å². The summed E-state index contributed by atoms with van der Waals surface area (Å²) in [6, 6.07) is 12.2. The van der Waals surface area contributed by atoms with Gasteiger partial charge in [-0.2, -0.15) is 5.26 Å². The van der Waals surface area contributed by atoms with E-state index in [-0.39, 0.29) is 10.7 Å². The Hall–Kier alpha value is -3.37. The number of esters is 1. The summed E-state index contributed by atoms with van der Waals surface area (Å²) < 4.78 is 4.89. The topological polar surface area (TPSA) is 95.3 Å². The molecule has 0 saturated carbocycles. The molecule has 1 aromatic heterocycles. The Bertz CT molecular complexity index is 902. The summed E-state index contributed by atoms with van der Waals surface area (Å²) in [5.41, 5.74) is 1.75. The predicted octanol–water partition coefficient (Wildman–Crippen LogP) is 2.89. The highest BCUT2D eigenvalue weighted by Gasteiger charge is 2.14. The van der Waals surface area contributed by atoms with Crippen molar-refractivity contribution in [3.8, 4) is 6.07 Å². The maximum absolute atomic E-state index is 12.0. The van der Waals surface area contributed by atoms with E-state index in [1.54, 1.807) is 30.3 Å². The van der Waals surface area contributed by atoms with Crippen molar-refractivity contribution in [3.05, 3.63) is 58.9 Å². The van der Waals surface area contributed by atoms with Crippen LogP contribution in [0.4, 0.5) is 11.4 Å². The molecule has 0 aliphatic carbocycles. The average molecular weight is 385 g/mol. The highest BCUT2D eigenvalue weighted by molar-refractivity contribution is 6.32. The van der Waals surface area contributed by atoms with E-state index in [0.717, 1.165) is 5.69 Å². The number of carbonyl (C=O) groups excluding carboxylic acids is 2. The van der Waals surface area contributed by atoms with Crippen molar-refractivity contribution in [2.75, 3.05) is 30.9 Å². The minimum absolute atomic E-state index is 0.121. The number of nitriles is 1. The van der Waals surface area contributed by atoms with Crippen LogP contribution in [-0.4, -0.2) is 37.6 Å². The number of hydrogen-bond donors (Lipinski definition) is 1. The molecule has 27 heavy (non-hydrogen) atoms. The van der Waals surface area contributed by atoms with Gasteiger partial charge in [-0.1, -0.05) is 23.7 Å². The first kappa shape index (κ1) is 19.9. The first-order chi connectivity index (χ1) is 12.9. The van der Waals surface area contributed by atoms with Crippen LogP contribution in [0.5, 0.6) is 0 Å². The molecule has 0 unspecified atom stereocenters. The van der Waals surface area contributed by atoms with Crippen LogP contribution in [-0.2, 0) is 14.3 Å². The van der Waals surface area contributed by atoms with Gasteiger partial charge in [0.15, 0.2) is 11.8 Å². The van der Waals surface area contributed by atoms with Crippen LogP contribution in [0, 0.1) is 11.3 Å². The predicted molar refractivity (Wildman–Crippen MR) is 103 cm³/mol. The quantitative estimate of drug-likeness (QED) is 0.356. The molecule has 2 rings (SSSR count). The van der Waals surface area contributed by atoms with E-state index in [0.29, 0.717) is 11.3 Å². The van der Waals surface area contributed by atoms with Gasteiger partial charge in [0.2, 0.25) is 0 Å². The number of carbonyl (C=O) groups is 2. The van der Waals surface area contributed by atoms with Gasteiger partial charge in [0.05, 0.1) is 5.69 Å². The molecule has 0 aliphatic rings. The van der Waals surface area contributed by atoms with Gasteiger partial charge in [0, 0.05) is 26.0 Å². The first-order valence-electron chi connectivity index (χ1n) is 7.87. The van der Waals surface area contributed by atoms with E-state index >= 15 is 0 Å². The van der Waals surface area contributed by atoms with Gasteiger partial charge in [-0.15, -0.1) is 0 Å². The second kappa shape index (κ2) is 9.36. The molecule has 0 bridgehead atoms. The maximum atomic E-state index is 12.0. The smallest absolute Gasteiger partial charge is 0.349 e. The fraction of sp³-hybridized carbons (Fsp3) is 0.158. The van der Waals surface area contributed by atoms with E-state index < -0.39 is 18.5 Å². The second-order valence-corrected chi connectivity index (χ2v) is 5.98. The summed E-state index contributed by atoms with van der Waals surface area (Å²) in [5, 5.41) is 11.8. The minimum atomic E-state index is -0.887.